The fourth-order valence-corrected chi connectivity index (χ4v) is 2.66. The second-order valence-electron chi connectivity index (χ2n) is 3.34. The second kappa shape index (κ2) is 4.39. The monoisotopic (exact) mass is 206 g/mol. The molecular weight excluding hydrogens is 188 g/mol. The Morgan fingerprint density at radius 3 is 2.38 bits per heavy atom. The van der Waals surface area contributed by atoms with Gasteiger partial charge in [0.1, 0.15) is 5.37 Å². The molecule has 1 rings (SSSR count). The molecule has 13 heavy (non-hydrogen) atoms. The summed E-state index contributed by atoms with van der Waals surface area (Å²) in [5.74, 6) is 0.234. The molecular formula is C8H18N2O2S. The number of sulfone groups is 1. The first kappa shape index (κ1) is 10.9. The van der Waals surface area contributed by atoms with Crippen LogP contribution in [0.4, 0.5) is 0 Å². The highest BCUT2D eigenvalue weighted by molar-refractivity contribution is 7.91. The lowest BCUT2D eigenvalue weighted by Crippen LogP contribution is -2.50. The molecule has 0 bridgehead atoms. The minimum Gasteiger partial charge on any atom is -0.314 e. The van der Waals surface area contributed by atoms with Gasteiger partial charge in [-0.1, -0.05) is 6.92 Å². The smallest absolute Gasteiger partial charge is 0.165 e. The molecule has 78 valence electrons. The molecule has 0 radical (unpaired) electrons. The largest absolute Gasteiger partial charge is 0.314 e. The van der Waals surface area contributed by atoms with Gasteiger partial charge in [0.05, 0.1) is 0 Å². The normalized spacial score (nSPS) is 22.9. The van der Waals surface area contributed by atoms with Gasteiger partial charge >= 0.3 is 0 Å². The van der Waals surface area contributed by atoms with Crippen molar-refractivity contribution in [3.63, 3.8) is 0 Å². The molecule has 1 N–H and O–H groups in total. The second-order valence-corrected chi connectivity index (χ2v) is 5.92. The summed E-state index contributed by atoms with van der Waals surface area (Å²) < 4.78 is 23.1. The Morgan fingerprint density at radius 1 is 1.38 bits per heavy atom. The van der Waals surface area contributed by atoms with Gasteiger partial charge in [0.15, 0.2) is 9.84 Å². The van der Waals surface area contributed by atoms with E-state index in [2.05, 4.69) is 5.32 Å². The molecule has 0 aliphatic carbocycles. The first-order valence-corrected chi connectivity index (χ1v) is 6.46. The summed E-state index contributed by atoms with van der Waals surface area (Å²) in [4.78, 5) is 2.02. The van der Waals surface area contributed by atoms with E-state index in [9.17, 15) is 8.42 Å². The van der Waals surface area contributed by atoms with Crippen LogP contribution >= 0.6 is 0 Å². The van der Waals surface area contributed by atoms with Crippen molar-refractivity contribution in [2.45, 2.75) is 19.2 Å². The van der Waals surface area contributed by atoms with E-state index in [4.69, 9.17) is 0 Å². The average Bonchev–Trinajstić information content (AvgIpc) is 2.18. The fourth-order valence-electron chi connectivity index (χ4n) is 1.51. The topological polar surface area (TPSA) is 49.4 Å². The van der Waals surface area contributed by atoms with Gasteiger partial charge in [-0.05, 0) is 6.92 Å². The molecule has 1 aliphatic rings. The molecule has 0 aromatic rings. The van der Waals surface area contributed by atoms with Crippen molar-refractivity contribution >= 4 is 9.84 Å². The molecule has 0 amide bonds. The summed E-state index contributed by atoms with van der Waals surface area (Å²) >= 11 is 0. The van der Waals surface area contributed by atoms with Crippen molar-refractivity contribution in [3.05, 3.63) is 0 Å². The average molecular weight is 206 g/mol. The fraction of sp³-hybridized carbons (Fsp3) is 1.00. The molecule has 0 saturated carbocycles. The van der Waals surface area contributed by atoms with Crippen LogP contribution in [0.25, 0.3) is 0 Å². The van der Waals surface area contributed by atoms with E-state index in [-0.39, 0.29) is 11.1 Å². The molecule has 1 heterocycles. The standard InChI is InChI=1S/C8H18N2O2S/c1-3-13(11,12)8(2)10-6-4-9-5-7-10/h8-9H,3-7H2,1-2H3. The summed E-state index contributed by atoms with van der Waals surface area (Å²) in [7, 11) is -2.90. The van der Waals surface area contributed by atoms with Crippen molar-refractivity contribution in [3.8, 4) is 0 Å². The molecule has 1 saturated heterocycles. The van der Waals surface area contributed by atoms with Crippen LogP contribution in [0.15, 0.2) is 0 Å². The van der Waals surface area contributed by atoms with E-state index in [1.165, 1.54) is 0 Å². The first-order chi connectivity index (χ1) is 6.08. The van der Waals surface area contributed by atoms with Gasteiger partial charge in [-0.3, -0.25) is 4.90 Å². The van der Waals surface area contributed by atoms with Crippen molar-refractivity contribution in [2.24, 2.45) is 0 Å². The van der Waals surface area contributed by atoms with Crippen molar-refractivity contribution in [1.82, 2.24) is 10.2 Å². The van der Waals surface area contributed by atoms with E-state index < -0.39 is 9.84 Å². The zero-order valence-electron chi connectivity index (χ0n) is 8.28. The zero-order chi connectivity index (χ0) is 9.90. The molecule has 4 nitrogen and oxygen atoms in total. The van der Waals surface area contributed by atoms with Crippen molar-refractivity contribution in [1.29, 1.82) is 0 Å². The van der Waals surface area contributed by atoms with Crippen LogP contribution in [-0.4, -0.2) is 50.6 Å². The van der Waals surface area contributed by atoms with Crippen LogP contribution in [0.1, 0.15) is 13.8 Å². The SMILES string of the molecule is CCS(=O)(=O)C(C)N1CCNCC1. The van der Waals surface area contributed by atoms with Crippen molar-refractivity contribution < 1.29 is 8.42 Å². The number of rotatable bonds is 3. The zero-order valence-corrected chi connectivity index (χ0v) is 9.10. The Labute approximate surface area is 80.2 Å². The maximum atomic E-state index is 11.5. The number of nitrogens with zero attached hydrogens (tertiary/aromatic N) is 1. The molecule has 1 aliphatic heterocycles. The van der Waals surface area contributed by atoms with E-state index in [0.717, 1.165) is 26.2 Å². The van der Waals surface area contributed by atoms with Crippen LogP contribution in [0.5, 0.6) is 0 Å². The third-order valence-corrected chi connectivity index (χ3v) is 4.73. The summed E-state index contributed by atoms with van der Waals surface area (Å²) in [6.45, 7) is 6.94. The molecule has 0 aromatic carbocycles. The minimum atomic E-state index is -2.90. The van der Waals surface area contributed by atoms with Crippen LogP contribution in [0.2, 0.25) is 0 Å². The van der Waals surface area contributed by atoms with Gasteiger partial charge in [-0.15, -0.1) is 0 Å². The highest BCUT2D eigenvalue weighted by Crippen LogP contribution is 2.08. The predicted octanol–water partition coefficient (Wildman–Crippen LogP) is -0.328. The maximum absolute atomic E-state index is 11.5. The van der Waals surface area contributed by atoms with Crippen LogP contribution < -0.4 is 5.32 Å². The molecule has 0 spiro atoms. The Hall–Kier alpha value is -0.130. The lowest BCUT2D eigenvalue weighted by molar-refractivity contribution is 0.227. The first-order valence-electron chi connectivity index (χ1n) is 4.74. The predicted molar refractivity (Wildman–Crippen MR) is 53.4 cm³/mol. The Kier molecular flexibility index (Phi) is 3.70. The van der Waals surface area contributed by atoms with E-state index in [1.54, 1.807) is 13.8 Å². The van der Waals surface area contributed by atoms with Crippen LogP contribution in [-0.2, 0) is 9.84 Å². The van der Waals surface area contributed by atoms with Crippen LogP contribution in [0, 0.1) is 0 Å². The summed E-state index contributed by atoms with van der Waals surface area (Å²) in [6, 6.07) is 0. The molecule has 1 atom stereocenters. The van der Waals surface area contributed by atoms with Gasteiger partial charge in [0, 0.05) is 31.9 Å². The number of piperazine rings is 1. The maximum Gasteiger partial charge on any atom is 0.165 e. The lowest BCUT2D eigenvalue weighted by atomic mass is 10.4. The summed E-state index contributed by atoms with van der Waals surface area (Å²) in [5, 5.41) is 2.88. The lowest BCUT2D eigenvalue weighted by Gasteiger charge is -2.32. The third-order valence-electron chi connectivity index (χ3n) is 2.59. The quantitative estimate of drug-likeness (QED) is 0.687. The summed E-state index contributed by atoms with van der Waals surface area (Å²) in [6.07, 6.45) is 0. The number of nitrogens with one attached hydrogen (secondary N) is 1. The molecule has 1 unspecified atom stereocenters. The minimum absolute atomic E-state index is 0.234. The third kappa shape index (κ3) is 2.65. The van der Waals surface area contributed by atoms with Gasteiger partial charge < -0.3 is 5.32 Å². The Bertz CT molecular complexity index is 245. The van der Waals surface area contributed by atoms with E-state index >= 15 is 0 Å². The highest BCUT2D eigenvalue weighted by atomic mass is 32.2. The van der Waals surface area contributed by atoms with Gasteiger partial charge in [-0.2, -0.15) is 0 Å². The van der Waals surface area contributed by atoms with E-state index in [1.807, 2.05) is 4.90 Å². The number of hydrogen-bond acceptors (Lipinski definition) is 4. The Morgan fingerprint density at radius 2 is 1.92 bits per heavy atom. The summed E-state index contributed by atoms with van der Waals surface area (Å²) in [5.41, 5.74) is 0. The highest BCUT2D eigenvalue weighted by Gasteiger charge is 2.26. The van der Waals surface area contributed by atoms with Gasteiger partial charge in [-0.25, -0.2) is 8.42 Å². The van der Waals surface area contributed by atoms with E-state index in [0.29, 0.717) is 0 Å². The van der Waals surface area contributed by atoms with Crippen LogP contribution in [0.3, 0.4) is 0 Å². The molecule has 5 heteroatoms. The molecule has 1 fully saturated rings. The van der Waals surface area contributed by atoms with Crippen molar-refractivity contribution in [2.75, 3.05) is 31.9 Å². The number of hydrogen-bond donors (Lipinski definition) is 1. The van der Waals surface area contributed by atoms with Gasteiger partial charge in [0.2, 0.25) is 0 Å². The molecule has 0 aromatic heterocycles. The van der Waals surface area contributed by atoms with Gasteiger partial charge in [0.25, 0.3) is 0 Å². The Balaban J connectivity index is 2.60.